The first-order chi connectivity index (χ1) is 26.9. The van der Waals surface area contributed by atoms with E-state index in [1.807, 2.05) is 23.0 Å². The second kappa shape index (κ2) is 13.9. The van der Waals surface area contributed by atoms with Crippen molar-refractivity contribution in [2.24, 2.45) is 13.0 Å². The molecule has 56 heavy (non-hydrogen) atoms. The number of benzene rings is 2. The number of imidazole rings is 1. The fourth-order valence-electron chi connectivity index (χ4n) is 9.50. The lowest BCUT2D eigenvalue weighted by Gasteiger charge is -2.44. The number of aryl methyl sites for hydroxylation is 1. The van der Waals surface area contributed by atoms with Gasteiger partial charge in [-0.25, -0.2) is 9.78 Å². The number of anilines is 2. The molecule has 9 rings (SSSR count). The molecule has 4 aliphatic rings. The number of halogens is 3. The third-order valence-corrected chi connectivity index (χ3v) is 12.3. The predicted octanol–water partition coefficient (Wildman–Crippen LogP) is 5.42. The average molecular weight is 770 g/mol. The summed E-state index contributed by atoms with van der Waals surface area (Å²) in [5, 5.41) is 10.7. The molecule has 3 aromatic heterocycles. The summed E-state index contributed by atoms with van der Waals surface area (Å²) in [6.07, 6.45) is 4.26. The molecule has 2 N–H and O–H groups in total. The third-order valence-electron chi connectivity index (χ3n) is 12.3. The van der Waals surface area contributed by atoms with Gasteiger partial charge in [0.1, 0.15) is 17.4 Å². The van der Waals surface area contributed by atoms with Gasteiger partial charge in [0, 0.05) is 62.5 Å². The summed E-state index contributed by atoms with van der Waals surface area (Å²) in [5.74, 6) is -0.891. The maximum atomic E-state index is 13.5. The number of fused-ring (bicyclic) bond motifs is 4. The van der Waals surface area contributed by atoms with Crippen LogP contribution in [0.15, 0.2) is 65.6 Å². The Morgan fingerprint density at radius 1 is 0.911 bits per heavy atom. The van der Waals surface area contributed by atoms with E-state index in [2.05, 4.69) is 31.5 Å². The molecule has 292 valence electrons. The van der Waals surface area contributed by atoms with Gasteiger partial charge in [0.25, 0.3) is 5.91 Å². The van der Waals surface area contributed by atoms with Gasteiger partial charge < -0.3 is 10.2 Å². The molecule has 3 aliphatic heterocycles. The Morgan fingerprint density at radius 2 is 1.64 bits per heavy atom. The second-order valence-corrected chi connectivity index (χ2v) is 15.7. The van der Waals surface area contributed by atoms with Gasteiger partial charge in [-0.15, -0.1) is 0 Å². The Kier molecular flexibility index (Phi) is 8.97. The van der Waals surface area contributed by atoms with E-state index in [-0.39, 0.29) is 29.8 Å². The van der Waals surface area contributed by atoms with E-state index in [1.54, 1.807) is 34.4 Å². The molecule has 2 bridgehead atoms. The van der Waals surface area contributed by atoms with E-state index >= 15 is 0 Å². The number of alkyl halides is 3. The Hall–Kier alpha value is -5.51. The van der Waals surface area contributed by atoms with Gasteiger partial charge >= 0.3 is 11.9 Å². The minimum absolute atomic E-state index is 0.201. The van der Waals surface area contributed by atoms with Gasteiger partial charge in [-0.05, 0) is 93.3 Å². The van der Waals surface area contributed by atoms with Crippen LogP contribution in [-0.4, -0.2) is 78.2 Å². The van der Waals surface area contributed by atoms with Gasteiger partial charge in [-0.1, -0.05) is 12.1 Å². The van der Waals surface area contributed by atoms with Crippen molar-refractivity contribution in [3.05, 3.63) is 82.7 Å². The van der Waals surface area contributed by atoms with Crippen molar-refractivity contribution in [3.8, 4) is 0 Å². The highest BCUT2D eigenvalue weighted by atomic mass is 19.4. The van der Waals surface area contributed by atoms with E-state index in [9.17, 15) is 32.3 Å². The number of para-hydroxylation sites is 1. The van der Waals surface area contributed by atoms with Crippen molar-refractivity contribution in [1.29, 1.82) is 0 Å². The van der Waals surface area contributed by atoms with Crippen LogP contribution in [-0.2, 0) is 22.8 Å². The molecule has 13 nitrogen and oxygen atoms in total. The number of imide groups is 1. The van der Waals surface area contributed by atoms with Crippen molar-refractivity contribution >= 4 is 51.0 Å². The molecule has 0 spiro atoms. The zero-order valence-electron chi connectivity index (χ0n) is 30.8. The summed E-state index contributed by atoms with van der Waals surface area (Å²) < 4.78 is 44.5. The van der Waals surface area contributed by atoms with Crippen LogP contribution < -0.4 is 21.2 Å². The van der Waals surface area contributed by atoms with E-state index < -0.39 is 29.7 Å². The Balaban J connectivity index is 0.828. The molecule has 6 heterocycles. The number of aromatic nitrogens is 5. The van der Waals surface area contributed by atoms with Crippen LogP contribution in [0.3, 0.4) is 0 Å². The molecule has 1 saturated carbocycles. The molecule has 3 amide bonds. The molecule has 2 aromatic carbocycles. The number of amides is 3. The Labute approximate surface area is 319 Å². The number of hydrogen-bond donors (Lipinski definition) is 2. The lowest BCUT2D eigenvalue weighted by Crippen LogP contribution is -2.55. The van der Waals surface area contributed by atoms with Gasteiger partial charge in [0.15, 0.2) is 0 Å². The summed E-state index contributed by atoms with van der Waals surface area (Å²) in [6, 6.07) is 14.8. The highest BCUT2D eigenvalue weighted by Gasteiger charge is 2.42. The number of carbonyl (C=O) groups is 3. The molecule has 1 aliphatic carbocycles. The Bertz CT molecular complexity index is 2410. The van der Waals surface area contributed by atoms with Crippen LogP contribution in [0.2, 0.25) is 0 Å². The van der Waals surface area contributed by atoms with Crippen molar-refractivity contribution in [2.75, 3.05) is 29.9 Å². The molecule has 4 fully saturated rings. The zero-order valence-corrected chi connectivity index (χ0v) is 30.8. The molecule has 16 heteroatoms. The topological polar surface area (TPSA) is 139 Å². The maximum absolute atomic E-state index is 13.5. The normalized spacial score (nSPS) is 24.6. The number of nitrogens with one attached hydrogen (secondary N) is 2. The smallest absolute Gasteiger partial charge is 0.367 e. The first-order valence-electron chi connectivity index (χ1n) is 19.3. The second-order valence-electron chi connectivity index (χ2n) is 15.7. The van der Waals surface area contributed by atoms with E-state index in [0.29, 0.717) is 35.6 Å². The van der Waals surface area contributed by atoms with Crippen molar-refractivity contribution in [3.63, 3.8) is 0 Å². The monoisotopic (exact) mass is 769 g/mol. The van der Waals surface area contributed by atoms with Gasteiger partial charge in [0.05, 0.1) is 28.3 Å². The molecule has 3 atom stereocenters. The van der Waals surface area contributed by atoms with Gasteiger partial charge in [-0.3, -0.25) is 38.4 Å². The van der Waals surface area contributed by atoms with Crippen LogP contribution in [0.1, 0.15) is 79.6 Å². The number of piperidine rings is 1. The molecule has 3 saturated heterocycles. The van der Waals surface area contributed by atoms with Crippen LogP contribution in [0, 0.1) is 5.92 Å². The third kappa shape index (κ3) is 6.52. The highest BCUT2D eigenvalue weighted by Crippen LogP contribution is 2.40. The van der Waals surface area contributed by atoms with Crippen molar-refractivity contribution in [2.45, 2.75) is 81.7 Å². The lowest BCUT2D eigenvalue weighted by molar-refractivity contribution is -0.141. The van der Waals surface area contributed by atoms with Crippen molar-refractivity contribution in [1.82, 2.24) is 34.1 Å². The van der Waals surface area contributed by atoms with E-state index in [4.69, 9.17) is 5.10 Å². The predicted molar refractivity (Wildman–Crippen MR) is 202 cm³/mol. The lowest BCUT2D eigenvalue weighted by atomic mass is 9.85. The first-order valence-corrected chi connectivity index (χ1v) is 19.3. The molecule has 3 unspecified atom stereocenters. The van der Waals surface area contributed by atoms with Crippen LogP contribution in [0.4, 0.5) is 24.5 Å². The fraction of sp³-hybridized carbons (Fsp3) is 0.450. The SMILES string of the molecule is Cn1c(=O)n(C2CCC(=O)NC2=O)c2cccc(N3CC4CCC(C3)N4CC3CCC(n4cc5cc(NC(=O)c6cccc(C(F)(F)F)n6)ccc5n4)CC3)c21. The number of carbonyl (C=O) groups excluding carboxylic acids is 3. The standard InChI is InChI=1S/C40H42F3N9O4/c1-48-36-31(5-3-6-32(36)52(39(48)56)33-16-17-35(53)46-38(33)55)49-21-27-13-14-28(22-49)50(27)19-23-8-11-26(12-9-23)51-20-24-18-25(10-15-29(24)47-51)44-37(54)30-4-2-7-34(45-30)40(41,42)43/h2-7,10,15,18,20,23,26-28,33H,8-9,11-14,16-17,19,21-22H2,1H3,(H,44,54)(H,46,53,55). The van der Waals surface area contributed by atoms with Crippen LogP contribution in [0.25, 0.3) is 21.9 Å². The number of pyridine rings is 1. The first kappa shape index (κ1) is 36.1. The maximum Gasteiger partial charge on any atom is 0.433 e. The largest absolute Gasteiger partial charge is 0.433 e. The quantitative estimate of drug-likeness (QED) is 0.210. The molecule has 0 radical (unpaired) electrons. The minimum atomic E-state index is -4.64. The van der Waals surface area contributed by atoms with Gasteiger partial charge in [0.2, 0.25) is 11.8 Å². The number of rotatable bonds is 7. The summed E-state index contributed by atoms with van der Waals surface area (Å²) in [7, 11) is 1.76. The zero-order chi connectivity index (χ0) is 38.9. The summed E-state index contributed by atoms with van der Waals surface area (Å²) >= 11 is 0. The Morgan fingerprint density at radius 3 is 2.38 bits per heavy atom. The van der Waals surface area contributed by atoms with Crippen LogP contribution >= 0.6 is 0 Å². The van der Waals surface area contributed by atoms with Crippen molar-refractivity contribution < 1.29 is 27.6 Å². The number of hydrogen-bond acceptors (Lipinski definition) is 8. The number of nitrogens with zero attached hydrogens (tertiary/aromatic N) is 7. The highest BCUT2D eigenvalue weighted by molar-refractivity contribution is 6.04. The molecular formula is C40H42F3N9O4. The molecular weight excluding hydrogens is 727 g/mol. The molecule has 5 aromatic rings. The van der Waals surface area contributed by atoms with Gasteiger partial charge in [-0.2, -0.15) is 18.3 Å². The summed E-state index contributed by atoms with van der Waals surface area (Å²) in [4.78, 5) is 59.4. The van der Waals surface area contributed by atoms with E-state index in [1.165, 1.54) is 12.1 Å². The summed E-state index contributed by atoms with van der Waals surface area (Å²) in [6.45, 7) is 2.78. The summed E-state index contributed by atoms with van der Waals surface area (Å²) in [5.41, 5.74) is 2.06. The van der Waals surface area contributed by atoms with Crippen LogP contribution in [0.5, 0.6) is 0 Å². The number of piperazine rings is 1. The van der Waals surface area contributed by atoms with E-state index in [0.717, 1.165) is 86.3 Å². The fourth-order valence-corrected chi connectivity index (χ4v) is 9.50. The minimum Gasteiger partial charge on any atom is -0.367 e. The average Bonchev–Trinajstić information content (AvgIpc) is 3.79.